The molecule has 1 saturated carbocycles. The van der Waals surface area contributed by atoms with Crippen LogP contribution in [0, 0.1) is 0 Å². The summed E-state index contributed by atoms with van der Waals surface area (Å²) in [5.74, 6) is 0.737. The molecule has 1 saturated heterocycles. The molecule has 0 radical (unpaired) electrons. The zero-order valence-corrected chi connectivity index (χ0v) is 18.4. The van der Waals surface area contributed by atoms with Crippen LogP contribution in [-0.4, -0.2) is 46.4 Å². The number of benzene rings is 2. The highest BCUT2D eigenvalue weighted by molar-refractivity contribution is 6.07. The number of ether oxygens (including phenoxy) is 1. The van der Waals surface area contributed by atoms with Crippen LogP contribution in [0.5, 0.6) is 5.75 Å². The number of rotatable bonds is 5. The molecular weight excluding hydrogens is 402 g/mol. The molecule has 6 heteroatoms. The van der Waals surface area contributed by atoms with E-state index in [4.69, 9.17) is 4.74 Å². The third kappa shape index (κ3) is 2.46. The van der Waals surface area contributed by atoms with Crippen LogP contribution >= 0.6 is 0 Å². The number of aromatic nitrogens is 1. The molecule has 2 fully saturated rings. The number of imide groups is 1. The molecule has 1 aromatic heterocycles. The molecule has 0 unspecified atom stereocenters. The van der Waals surface area contributed by atoms with Gasteiger partial charge in [-0.3, -0.25) is 14.6 Å². The van der Waals surface area contributed by atoms with Crippen LogP contribution in [0.25, 0.3) is 10.9 Å². The second-order valence-electron chi connectivity index (χ2n) is 9.23. The number of carbonyl (C=O) groups excluding carboxylic acids is 2. The van der Waals surface area contributed by atoms with Gasteiger partial charge < -0.3 is 9.72 Å². The third-order valence-corrected chi connectivity index (χ3v) is 7.49. The number of carbonyl (C=O) groups is 2. The molecule has 2 aliphatic heterocycles. The van der Waals surface area contributed by atoms with Crippen molar-refractivity contribution in [3.63, 3.8) is 0 Å². The maximum absolute atomic E-state index is 13.7. The summed E-state index contributed by atoms with van der Waals surface area (Å²) < 4.78 is 5.35. The Balaban J connectivity index is 1.58. The lowest BCUT2D eigenvalue weighted by Gasteiger charge is -2.41. The summed E-state index contributed by atoms with van der Waals surface area (Å²) in [6.45, 7) is 2.57. The van der Waals surface area contributed by atoms with Crippen molar-refractivity contribution in [2.45, 2.75) is 50.1 Å². The van der Waals surface area contributed by atoms with Gasteiger partial charge in [0.05, 0.1) is 7.11 Å². The first-order valence-electron chi connectivity index (χ1n) is 11.5. The number of H-pyrrole nitrogens is 1. The van der Waals surface area contributed by atoms with E-state index < -0.39 is 6.04 Å². The highest BCUT2D eigenvalue weighted by Gasteiger charge is 2.67. The number of nitrogens with one attached hydrogen (secondary N) is 1. The van der Waals surface area contributed by atoms with Crippen molar-refractivity contribution in [2.75, 3.05) is 13.7 Å². The minimum Gasteiger partial charge on any atom is -0.497 e. The second-order valence-corrected chi connectivity index (χ2v) is 9.23. The van der Waals surface area contributed by atoms with Gasteiger partial charge in [-0.25, -0.2) is 4.79 Å². The van der Waals surface area contributed by atoms with Crippen LogP contribution in [0.3, 0.4) is 0 Å². The van der Waals surface area contributed by atoms with Crippen LogP contribution in [0.1, 0.15) is 55.5 Å². The van der Waals surface area contributed by atoms with E-state index in [1.54, 1.807) is 7.11 Å². The average molecular weight is 430 g/mol. The van der Waals surface area contributed by atoms with Gasteiger partial charge in [0, 0.05) is 28.6 Å². The van der Waals surface area contributed by atoms with Gasteiger partial charge in [-0.1, -0.05) is 43.7 Å². The van der Waals surface area contributed by atoms with Gasteiger partial charge in [-0.2, -0.15) is 0 Å². The van der Waals surface area contributed by atoms with E-state index in [1.165, 1.54) is 15.8 Å². The Bertz CT molecular complexity index is 1220. The SMILES string of the molecule is CCCCN1C(=O)[C@@H]2N(C1=O)[C@@H](c1ccc(OC)cc1)c1[nH]c3ccccc3c1C21CC1. The van der Waals surface area contributed by atoms with Crippen molar-refractivity contribution in [2.24, 2.45) is 0 Å². The summed E-state index contributed by atoms with van der Waals surface area (Å²) >= 11 is 0. The molecule has 1 spiro atoms. The molecular formula is C26H27N3O3. The lowest BCUT2D eigenvalue weighted by molar-refractivity contribution is -0.129. The number of para-hydroxylation sites is 1. The molecule has 6 nitrogen and oxygen atoms in total. The lowest BCUT2D eigenvalue weighted by atomic mass is 9.78. The lowest BCUT2D eigenvalue weighted by Crippen LogP contribution is -2.50. The first kappa shape index (κ1) is 19.4. The van der Waals surface area contributed by atoms with E-state index in [0.717, 1.165) is 48.2 Å². The number of hydrogen-bond acceptors (Lipinski definition) is 3. The van der Waals surface area contributed by atoms with E-state index in [2.05, 4.69) is 30.1 Å². The molecule has 1 aliphatic carbocycles. The monoisotopic (exact) mass is 429 g/mol. The summed E-state index contributed by atoms with van der Waals surface area (Å²) in [6, 6.07) is 15.2. The van der Waals surface area contributed by atoms with Crippen molar-refractivity contribution in [3.8, 4) is 5.75 Å². The molecule has 3 aliphatic rings. The predicted molar refractivity (Wildman–Crippen MR) is 122 cm³/mol. The smallest absolute Gasteiger partial charge is 0.328 e. The second kappa shape index (κ2) is 6.86. The Labute approximate surface area is 187 Å². The van der Waals surface area contributed by atoms with Crippen LogP contribution in [0.2, 0.25) is 0 Å². The van der Waals surface area contributed by atoms with Crippen molar-refractivity contribution in [1.29, 1.82) is 0 Å². The number of methoxy groups -OCH3 is 1. The largest absolute Gasteiger partial charge is 0.497 e. The van der Waals surface area contributed by atoms with Gasteiger partial charge in [0.15, 0.2) is 0 Å². The van der Waals surface area contributed by atoms with Crippen LogP contribution < -0.4 is 4.74 Å². The van der Waals surface area contributed by atoms with Crippen molar-refractivity contribution < 1.29 is 14.3 Å². The molecule has 32 heavy (non-hydrogen) atoms. The van der Waals surface area contributed by atoms with E-state index in [0.29, 0.717) is 6.54 Å². The fourth-order valence-electron chi connectivity index (χ4n) is 5.85. The topological polar surface area (TPSA) is 65.6 Å². The maximum Gasteiger partial charge on any atom is 0.328 e. The van der Waals surface area contributed by atoms with Crippen LogP contribution in [0.4, 0.5) is 4.79 Å². The summed E-state index contributed by atoms with van der Waals surface area (Å²) in [5.41, 5.74) is 4.03. The maximum atomic E-state index is 13.7. The molecule has 6 rings (SSSR count). The molecule has 1 N–H and O–H groups in total. The summed E-state index contributed by atoms with van der Waals surface area (Å²) in [6.07, 6.45) is 3.63. The van der Waals surface area contributed by atoms with E-state index in [9.17, 15) is 9.59 Å². The molecule has 3 aromatic rings. The van der Waals surface area contributed by atoms with Gasteiger partial charge in [-0.05, 0) is 48.6 Å². The third-order valence-electron chi connectivity index (χ3n) is 7.49. The Morgan fingerprint density at radius 1 is 1.09 bits per heavy atom. The Morgan fingerprint density at radius 3 is 2.53 bits per heavy atom. The number of unbranched alkanes of at least 4 members (excludes halogenated alkanes) is 1. The summed E-state index contributed by atoms with van der Waals surface area (Å²) in [7, 11) is 1.65. The van der Waals surface area contributed by atoms with E-state index >= 15 is 0 Å². The standard InChI is InChI=1S/C26H27N3O3/c1-3-4-15-28-24(30)23-26(13-14-26)20-18-7-5-6-8-19(18)27-21(20)22(29(23)25(28)31)16-9-11-17(32-2)12-10-16/h5-12,22-23,27H,3-4,13-15H2,1-2H3/t22-,23-/m0/s1. The van der Waals surface area contributed by atoms with E-state index in [-0.39, 0.29) is 23.4 Å². The Morgan fingerprint density at radius 2 is 1.84 bits per heavy atom. The summed E-state index contributed by atoms with van der Waals surface area (Å²) in [5, 5.41) is 1.17. The first-order valence-corrected chi connectivity index (χ1v) is 11.5. The van der Waals surface area contributed by atoms with Gasteiger partial charge in [0.2, 0.25) is 0 Å². The van der Waals surface area contributed by atoms with Crippen LogP contribution in [-0.2, 0) is 10.2 Å². The minimum atomic E-state index is -0.439. The quantitative estimate of drug-likeness (QED) is 0.596. The molecule has 2 aromatic carbocycles. The minimum absolute atomic E-state index is 0.0320. The van der Waals surface area contributed by atoms with Gasteiger partial charge >= 0.3 is 6.03 Å². The van der Waals surface area contributed by atoms with Gasteiger partial charge in [0.25, 0.3) is 5.91 Å². The Kier molecular flexibility index (Phi) is 4.16. The fraction of sp³-hybridized carbons (Fsp3) is 0.385. The molecule has 164 valence electrons. The Hall–Kier alpha value is -3.28. The molecule has 0 bridgehead atoms. The number of nitrogens with zero attached hydrogens (tertiary/aromatic N) is 2. The zero-order chi connectivity index (χ0) is 22.0. The number of amides is 3. The molecule has 3 heterocycles. The predicted octanol–water partition coefficient (Wildman–Crippen LogP) is 4.74. The molecule has 3 amide bonds. The normalized spacial score (nSPS) is 23.1. The first-order chi connectivity index (χ1) is 15.6. The molecule has 2 atom stereocenters. The highest BCUT2D eigenvalue weighted by Crippen LogP contribution is 2.62. The van der Waals surface area contributed by atoms with Crippen molar-refractivity contribution >= 4 is 22.8 Å². The number of urea groups is 1. The average Bonchev–Trinajstić information content (AvgIpc) is 3.42. The zero-order valence-electron chi connectivity index (χ0n) is 18.4. The van der Waals surface area contributed by atoms with Gasteiger partial charge in [-0.15, -0.1) is 0 Å². The highest BCUT2D eigenvalue weighted by atomic mass is 16.5. The fourth-order valence-corrected chi connectivity index (χ4v) is 5.85. The van der Waals surface area contributed by atoms with Crippen molar-refractivity contribution in [3.05, 3.63) is 65.4 Å². The van der Waals surface area contributed by atoms with Gasteiger partial charge in [0.1, 0.15) is 17.8 Å². The number of aromatic amines is 1. The summed E-state index contributed by atoms with van der Waals surface area (Å²) in [4.78, 5) is 34.4. The van der Waals surface area contributed by atoms with Crippen molar-refractivity contribution in [1.82, 2.24) is 14.8 Å². The van der Waals surface area contributed by atoms with Crippen LogP contribution in [0.15, 0.2) is 48.5 Å². The van der Waals surface area contributed by atoms with E-state index in [1.807, 2.05) is 35.2 Å². The number of fused-ring (bicyclic) bond motifs is 6. The number of hydrogen-bond donors (Lipinski definition) is 1.